The van der Waals surface area contributed by atoms with Gasteiger partial charge in [-0.2, -0.15) is 0 Å². The molecule has 0 saturated carbocycles. The van der Waals surface area contributed by atoms with Crippen molar-refractivity contribution in [2.75, 3.05) is 32.2 Å². The first-order valence-corrected chi connectivity index (χ1v) is 7.21. The number of carbonyl (C=O) groups excluding carboxylic acids is 1. The zero-order valence-electron chi connectivity index (χ0n) is 11.3. The number of hydrogen-bond acceptors (Lipinski definition) is 5. The standard InChI is InChI=1S/C13H20N2O3S/c1-10(16)15-11-3-6-19-12(11)7-14-8-13(17-2)4-5-18-9-13/h3,6,14H,4-5,7-9H2,1-2H3,(H,15,16). The third kappa shape index (κ3) is 3.76. The van der Waals surface area contributed by atoms with Gasteiger partial charge >= 0.3 is 0 Å². The van der Waals surface area contributed by atoms with Crippen LogP contribution in [-0.2, 0) is 20.8 Å². The van der Waals surface area contributed by atoms with Crippen LogP contribution in [0.5, 0.6) is 0 Å². The zero-order valence-corrected chi connectivity index (χ0v) is 12.1. The Labute approximate surface area is 117 Å². The second-order valence-electron chi connectivity index (χ2n) is 4.73. The predicted molar refractivity (Wildman–Crippen MR) is 75.5 cm³/mol. The molecule has 0 aliphatic carbocycles. The molecule has 1 aliphatic heterocycles. The molecule has 5 nitrogen and oxygen atoms in total. The molecule has 106 valence electrons. The molecule has 1 saturated heterocycles. The highest BCUT2D eigenvalue weighted by atomic mass is 32.1. The lowest BCUT2D eigenvalue weighted by Gasteiger charge is -2.26. The van der Waals surface area contributed by atoms with Crippen LogP contribution in [0.3, 0.4) is 0 Å². The van der Waals surface area contributed by atoms with E-state index in [4.69, 9.17) is 9.47 Å². The first kappa shape index (κ1) is 14.5. The van der Waals surface area contributed by atoms with Crippen molar-refractivity contribution >= 4 is 22.9 Å². The topological polar surface area (TPSA) is 59.6 Å². The van der Waals surface area contributed by atoms with Gasteiger partial charge in [-0.1, -0.05) is 0 Å². The van der Waals surface area contributed by atoms with Gasteiger partial charge in [0.15, 0.2) is 0 Å². The van der Waals surface area contributed by atoms with Crippen LogP contribution in [0.15, 0.2) is 11.4 Å². The molecule has 6 heteroatoms. The van der Waals surface area contributed by atoms with Crippen molar-refractivity contribution in [3.8, 4) is 0 Å². The molecule has 2 N–H and O–H groups in total. The van der Waals surface area contributed by atoms with E-state index in [-0.39, 0.29) is 11.5 Å². The maximum absolute atomic E-state index is 11.1. The number of rotatable bonds is 6. The summed E-state index contributed by atoms with van der Waals surface area (Å²) in [5.74, 6) is -0.0443. The van der Waals surface area contributed by atoms with E-state index in [2.05, 4.69) is 10.6 Å². The van der Waals surface area contributed by atoms with E-state index in [0.717, 1.165) is 36.7 Å². The quantitative estimate of drug-likeness (QED) is 0.833. The summed E-state index contributed by atoms with van der Waals surface area (Å²) < 4.78 is 11.0. The first-order chi connectivity index (χ1) is 9.15. The SMILES string of the molecule is COC1(CNCc2sccc2NC(C)=O)CCOC1. The Morgan fingerprint density at radius 3 is 3.11 bits per heavy atom. The number of nitrogens with one attached hydrogen (secondary N) is 2. The fourth-order valence-corrected chi connectivity index (χ4v) is 2.94. The average molecular weight is 284 g/mol. The van der Waals surface area contributed by atoms with Gasteiger partial charge in [-0.05, 0) is 11.4 Å². The number of ether oxygens (including phenoxy) is 2. The number of amides is 1. The highest BCUT2D eigenvalue weighted by molar-refractivity contribution is 7.10. The minimum absolute atomic E-state index is 0.0443. The molecule has 1 fully saturated rings. The zero-order chi connectivity index (χ0) is 13.7. The van der Waals surface area contributed by atoms with Crippen LogP contribution in [0.1, 0.15) is 18.2 Å². The summed E-state index contributed by atoms with van der Waals surface area (Å²) in [6.45, 7) is 4.38. The Hall–Kier alpha value is -0.950. The van der Waals surface area contributed by atoms with Gasteiger partial charge in [-0.15, -0.1) is 11.3 Å². The monoisotopic (exact) mass is 284 g/mol. The van der Waals surface area contributed by atoms with Crippen molar-refractivity contribution in [1.29, 1.82) is 0 Å². The normalized spacial score (nSPS) is 22.6. The highest BCUT2D eigenvalue weighted by Gasteiger charge is 2.34. The van der Waals surface area contributed by atoms with E-state index in [0.29, 0.717) is 6.61 Å². The number of hydrogen-bond donors (Lipinski definition) is 2. The van der Waals surface area contributed by atoms with Gasteiger partial charge in [0, 0.05) is 45.0 Å². The summed E-state index contributed by atoms with van der Waals surface area (Å²) >= 11 is 1.63. The van der Waals surface area contributed by atoms with Crippen LogP contribution in [0, 0.1) is 0 Å². The summed E-state index contributed by atoms with van der Waals surface area (Å²) in [6, 6.07) is 1.92. The van der Waals surface area contributed by atoms with Gasteiger partial charge in [0.2, 0.25) is 5.91 Å². The second-order valence-corrected chi connectivity index (χ2v) is 5.73. The van der Waals surface area contributed by atoms with Crippen molar-refractivity contribution in [3.63, 3.8) is 0 Å². The molecular weight excluding hydrogens is 264 g/mol. The molecule has 1 amide bonds. The average Bonchev–Trinajstić information content (AvgIpc) is 3.00. The summed E-state index contributed by atoms with van der Waals surface area (Å²) in [5, 5.41) is 8.20. The highest BCUT2D eigenvalue weighted by Crippen LogP contribution is 2.24. The Morgan fingerprint density at radius 1 is 1.63 bits per heavy atom. The van der Waals surface area contributed by atoms with Crippen LogP contribution in [-0.4, -0.2) is 38.4 Å². The molecule has 0 bridgehead atoms. The molecular formula is C13H20N2O3S. The fraction of sp³-hybridized carbons (Fsp3) is 0.615. The van der Waals surface area contributed by atoms with E-state index in [1.807, 2.05) is 11.4 Å². The summed E-state index contributed by atoms with van der Waals surface area (Å²) in [5.41, 5.74) is 0.685. The van der Waals surface area contributed by atoms with Gasteiger partial charge in [0.25, 0.3) is 0 Å². The Bertz CT molecular complexity index is 427. The fourth-order valence-electron chi connectivity index (χ4n) is 2.14. The Kier molecular flexibility index (Phi) is 4.93. The van der Waals surface area contributed by atoms with Gasteiger partial charge in [0.1, 0.15) is 5.60 Å². The summed E-state index contributed by atoms with van der Waals surface area (Å²) in [7, 11) is 1.73. The third-order valence-corrected chi connectivity index (χ3v) is 4.21. The lowest BCUT2D eigenvalue weighted by molar-refractivity contribution is -0.114. The van der Waals surface area contributed by atoms with E-state index in [1.54, 1.807) is 18.4 Å². The molecule has 0 aromatic carbocycles. The molecule has 0 radical (unpaired) electrons. The predicted octanol–water partition coefficient (Wildman–Crippen LogP) is 1.60. The number of anilines is 1. The van der Waals surface area contributed by atoms with Crippen molar-refractivity contribution in [3.05, 3.63) is 16.3 Å². The molecule has 1 aromatic heterocycles. The lowest BCUT2D eigenvalue weighted by atomic mass is 10.0. The van der Waals surface area contributed by atoms with Gasteiger partial charge in [-0.25, -0.2) is 0 Å². The molecule has 1 atom stereocenters. The van der Waals surface area contributed by atoms with Crippen LogP contribution >= 0.6 is 11.3 Å². The maximum atomic E-state index is 11.1. The van der Waals surface area contributed by atoms with E-state index in [9.17, 15) is 4.79 Å². The van der Waals surface area contributed by atoms with Gasteiger partial charge in [0.05, 0.1) is 12.3 Å². The van der Waals surface area contributed by atoms with Crippen molar-refractivity contribution in [2.24, 2.45) is 0 Å². The van der Waals surface area contributed by atoms with Crippen LogP contribution in [0.2, 0.25) is 0 Å². The minimum atomic E-state index is -0.203. The van der Waals surface area contributed by atoms with Gasteiger partial charge in [-0.3, -0.25) is 4.79 Å². The van der Waals surface area contributed by atoms with Crippen LogP contribution in [0.4, 0.5) is 5.69 Å². The van der Waals surface area contributed by atoms with Crippen LogP contribution in [0.25, 0.3) is 0 Å². The summed E-state index contributed by atoms with van der Waals surface area (Å²) in [4.78, 5) is 12.2. The number of methoxy groups -OCH3 is 1. The van der Waals surface area contributed by atoms with Crippen molar-refractivity contribution < 1.29 is 14.3 Å². The molecule has 1 unspecified atom stereocenters. The lowest BCUT2D eigenvalue weighted by Crippen LogP contribution is -2.42. The largest absolute Gasteiger partial charge is 0.378 e. The molecule has 1 aliphatic rings. The smallest absolute Gasteiger partial charge is 0.221 e. The molecule has 0 spiro atoms. The Balaban J connectivity index is 1.85. The summed E-state index contributed by atoms with van der Waals surface area (Å²) in [6.07, 6.45) is 0.916. The molecule has 1 aromatic rings. The first-order valence-electron chi connectivity index (χ1n) is 6.33. The third-order valence-electron chi connectivity index (χ3n) is 3.29. The second kappa shape index (κ2) is 6.47. The minimum Gasteiger partial charge on any atom is -0.378 e. The van der Waals surface area contributed by atoms with E-state index < -0.39 is 0 Å². The Morgan fingerprint density at radius 2 is 2.47 bits per heavy atom. The maximum Gasteiger partial charge on any atom is 0.221 e. The van der Waals surface area contributed by atoms with Crippen molar-refractivity contribution in [1.82, 2.24) is 5.32 Å². The van der Waals surface area contributed by atoms with E-state index in [1.165, 1.54) is 6.92 Å². The molecule has 2 heterocycles. The number of thiophene rings is 1. The van der Waals surface area contributed by atoms with E-state index >= 15 is 0 Å². The van der Waals surface area contributed by atoms with Crippen molar-refractivity contribution in [2.45, 2.75) is 25.5 Å². The number of carbonyl (C=O) groups is 1. The van der Waals surface area contributed by atoms with Gasteiger partial charge < -0.3 is 20.1 Å². The molecule has 2 rings (SSSR count). The van der Waals surface area contributed by atoms with Crippen LogP contribution < -0.4 is 10.6 Å². The molecule has 19 heavy (non-hydrogen) atoms.